The molecule has 1 atom stereocenters. The number of carbonyl (C=O) groups excluding carboxylic acids is 2. The second-order valence-corrected chi connectivity index (χ2v) is 7.28. The fraction of sp³-hybridized carbons (Fsp3) is 0.400. The van der Waals surface area contributed by atoms with Gasteiger partial charge in [0.15, 0.2) is 0 Å². The standard InChI is InChI=1S/C20H24N4O3/c1-3-18(25)24-9-13(10-24)23(2)17-5-4-14(20(21)26)19-15(17)8-16(22-19)12-6-7-27-11-12/h3-5,8,12-13,22H,1,6-7,9-11H2,2H3,(H2,21,26)/t12-/m1/s1. The van der Waals surface area contributed by atoms with Gasteiger partial charge in [0.1, 0.15) is 0 Å². The van der Waals surface area contributed by atoms with Crippen molar-refractivity contribution in [2.45, 2.75) is 18.4 Å². The van der Waals surface area contributed by atoms with E-state index in [4.69, 9.17) is 10.5 Å². The van der Waals surface area contributed by atoms with Crippen LogP contribution < -0.4 is 10.6 Å². The molecule has 7 nitrogen and oxygen atoms in total. The first kappa shape index (κ1) is 17.6. The van der Waals surface area contributed by atoms with Crippen LogP contribution in [-0.2, 0) is 9.53 Å². The Morgan fingerprint density at radius 1 is 1.41 bits per heavy atom. The topological polar surface area (TPSA) is 91.7 Å². The van der Waals surface area contributed by atoms with Crippen molar-refractivity contribution < 1.29 is 14.3 Å². The molecule has 1 aromatic carbocycles. The zero-order valence-electron chi connectivity index (χ0n) is 15.4. The third-order valence-corrected chi connectivity index (χ3v) is 5.70. The number of nitrogens with two attached hydrogens (primary N) is 1. The van der Waals surface area contributed by atoms with Crippen molar-refractivity contribution in [1.82, 2.24) is 9.88 Å². The Hall–Kier alpha value is -2.80. The van der Waals surface area contributed by atoms with Crippen LogP contribution in [-0.4, -0.2) is 61.1 Å². The quantitative estimate of drug-likeness (QED) is 0.784. The van der Waals surface area contributed by atoms with Crippen LogP contribution >= 0.6 is 0 Å². The molecule has 2 fully saturated rings. The number of hydrogen-bond donors (Lipinski definition) is 2. The van der Waals surface area contributed by atoms with Gasteiger partial charge >= 0.3 is 0 Å². The van der Waals surface area contributed by atoms with Crippen molar-refractivity contribution in [1.29, 1.82) is 0 Å². The highest BCUT2D eigenvalue weighted by molar-refractivity contribution is 6.09. The maximum atomic E-state index is 11.9. The van der Waals surface area contributed by atoms with Crippen molar-refractivity contribution in [2.75, 3.05) is 38.3 Å². The molecule has 0 unspecified atom stereocenters. The summed E-state index contributed by atoms with van der Waals surface area (Å²) in [4.78, 5) is 30.9. The largest absolute Gasteiger partial charge is 0.381 e. The Bertz CT molecular complexity index is 907. The number of hydrogen-bond acceptors (Lipinski definition) is 4. The summed E-state index contributed by atoms with van der Waals surface area (Å²) in [5, 5.41) is 0.976. The van der Waals surface area contributed by atoms with Crippen LogP contribution in [0, 0.1) is 0 Å². The summed E-state index contributed by atoms with van der Waals surface area (Å²) >= 11 is 0. The number of anilines is 1. The van der Waals surface area contributed by atoms with Crippen LogP contribution in [0.15, 0.2) is 30.9 Å². The molecule has 2 aliphatic rings. The highest BCUT2D eigenvalue weighted by Gasteiger charge is 2.33. The molecule has 0 radical (unpaired) electrons. The highest BCUT2D eigenvalue weighted by Crippen LogP contribution is 2.35. The number of carbonyl (C=O) groups is 2. The van der Waals surface area contributed by atoms with E-state index in [0.29, 0.717) is 31.2 Å². The third-order valence-electron chi connectivity index (χ3n) is 5.70. The molecule has 2 aromatic rings. The number of nitrogens with one attached hydrogen (secondary N) is 1. The van der Waals surface area contributed by atoms with Gasteiger partial charge in [-0.25, -0.2) is 0 Å². The van der Waals surface area contributed by atoms with E-state index in [0.717, 1.165) is 35.3 Å². The number of aromatic amines is 1. The molecule has 0 spiro atoms. The van der Waals surface area contributed by atoms with Crippen LogP contribution in [0.4, 0.5) is 5.69 Å². The summed E-state index contributed by atoms with van der Waals surface area (Å²) in [6.45, 7) is 6.30. The normalized spacial score (nSPS) is 19.9. The summed E-state index contributed by atoms with van der Waals surface area (Å²) in [5.41, 5.74) is 8.94. The molecule has 7 heteroatoms. The van der Waals surface area contributed by atoms with Crippen molar-refractivity contribution in [2.24, 2.45) is 5.73 Å². The minimum Gasteiger partial charge on any atom is -0.381 e. The zero-order chi connectivity index (χ0) is 19.1. The number of rotatable bonds is 5. The SMILES string of the molecule is C=CC(=O)N1CC(N(C)c2ccc(C(N)=O)c3[nH]c([C@@H]4CCOC4)cc23)C1. The van der Waals surface area contributed by atoms with Crippen LogP contribution in [0.2, 0.25) is 0 Å². The number of aromatic nitrogens is 1. The zero-order valence-corrected chi connectivity index (χ0v) is 15.4. The summed E-state index contributed by atoms with van der Waals surface area (Å²) in [5.74, 6) is -0.184. The van der Waals surface area contributed by atoms with E-state index in [-0.39, 0.29) is 11.9 Å². The molecule has 3 N–H and O–H groups in total. The molecule has 142 valence electrons. The lowest BCUT2D eigenvalue weighted by Gasteiger charge is -2.44. The van der Waals surface area contributed by atoms with Gasteiger partial charge in [-0.2, -0.15) is 0 Å². The first-order chi connectivity index (χ1) is 13.0. The van der Waals surface area contributed by atoms with Crippen LogP contribution in [0.25, 0.3) is 10.9 Å². The summed E-state index contributed by atoms with van der Waals surface area (Å²) in [7, 11) is 2.02. The number of H-pyrrole nitrogens is 1. The van der Waals surface area contributed by atoms with E-state index in [2.05, 4.69) is 22.5 Å². The van der Waals surface area contributed by atoms with E-state index in [1.807, 2.05) is 13.1 Å². The number of benzene rings is 1. The lowest BCUT2D eigenvalue weighted by Crippen LogP contribution is -2.60. The van der Waals surface area contributed by atoms with Crippen LogP contribution in [0.3, 0.4) is 0 Å². The fourth-order valence-electron chi connectivity index (χ4n) is 3.94. The number of amides is 2. The molecule has 4 rings (SSSR count). The number of likely N-dealkylation sites (N-methyl/N-ethyl adjacent to an activating group) is 1. The molecule has 2 amide bonds. The Morgan fingerprint density at radius 3 is 2.81 bits per heavy atom. The van der Waals surface area contributed by atoms with E-state index in [1.54, 1.807) is 11.0 Å². The van der Waals surface area contributed by atoms with Gasteiger partial charge in [-0.05, 0) is 30.7 Å². The van der Waals surface area contributed by atoms with Gasteiger partial charge < -0.3 is 25.3 Å². The molecule has 2 saturated heterocycles. The Labute approximate surface area is 157 Å². The fourth-order valence-corrected chi connectivity index (χ4v) is 3.94. The van der Waals surface area contributed by atoms with Gasteiger partial charge in [0, 0.05) is 49.4 Å². The van der Waals surface area contributed by atoms with Gasteiger partial charge in [-0.1, -0.05) is 6.58 Å². The molecule has 27 heavy (non-hydrogen) atoms. The number of primary amides is 1. The molecule has 0 bridgehead atoms. The summed E-state index contributed by atoms with van der Waals surface area (Å²) in [6.07, 6.45) is 2.31. The minimum absolute atomic E-state index is 0.0426. The highest BCUT2D eigenvalue weighted by atomic mass is 16.5. The minimum atomic E-state index is -0.448. The predicted molar refractivity (Wildman–Crippen MR) is 104 cm³/mol. The number of ether oxygens (including phenoxy) is 1. The second kappa shape index (κ2) is 6.74. The third kappa shape index (κ3) is 2.98. The van der Waals surface area contributed by atoms with Gasteiger partial charge in [-0.15, -0.1) is 0 Å². The smallest absolute Gasteiger partial charge is 0.250 e. The maximum absolute atomic E-state index is 11.9. The average molecular weight is 368 g/mol. The number of nitrogens with zero attached hydrogens (tertiary/aromatic N) is 2. The lowest BCUT2D eigenvalue weighted by molar-refractivity contribution is -0.130. The van der Waals surface area contributed by atoms with Crippen molar-refractivity contribution in [3.63, 3.8) is 0 Å². The molecule has 2 aliphatic heterocycles. The van der Waals surface area contributed by atoms with Crippen molar-refractivity contribution >= 4 is 28.4 Å². The lowest BCUT2D eigenvalue weighted by atomic mass is 10.0. The maximum Gasteiger partial charge on any atom is 0.250 e. The second-order valence-electron chi connectivity index (χ2n) is 7.28. The van der Waals surface area contributed by atoms with Crippen LogP contribution in [0.1, 0.15) is 28.4 Å². The molecule has 3 heterocycles. The predicted octanol–water partition coefficient (Wildman–Crippen LogP) is 1.60. The molecule has 0 aliphatic carbocycles. The van der Waals surface area contributed by atoms with E-state index >= 15 is 0 Å². The number of likely N-dealkylation sites (tertiary alicyclic amines) is 1. The van der Waals surface area contributed by atoms with Crippen molar-refractivity contribution in [3.8, 4) is 0 Å². The van der Waals surface area contributed by atoms with Gasteiger partial charge in [0.05, 0.1) is 23.7 Å². The average Bonchev–Trinajstić information content (AvgIpc) is 3.28. The van der Waals surface area contributed by atoms with Gasteiger partial charge in [0.2, 0.25) is 5.91 Å². The Kier molecular flexibility index (Phi) is 4.39. The van der Waals surface area contributed by atoms with Crippen molar-refractivity contribution in [3.05, 3.63) is 42.1 Å². The van der Waals surface area contributed by atoms with E-state index in [9.17, 15) is 9.59 Å². The Balaban J connectivity index is 1.68. The van der Waals surface area contributed by atoms with E-state index in [1.165, 1.54) is 6.08 Å². The first-order valence-corrected chi connectivity index (χ1v) is 9.17. The molecule has 1 aromatic heterocycles. The first-order valence-electron chi connectivity index (χ1n) is 9.17. The molecular formula is C20H24N4O3. The van der Waals surface area contributed by atoms with Gasteiger partial charge in [0.25, 0.3) is 5.91 Å². The van der Waals surface area contributed by atoms with Gasteiger partial charge in [-0.3, -0.25) is 9.59 Å². The Morgan fingerprint density at radius 2 is 2.19 bits per heavy atom. The summed E-state index contributed by atoms with van der Waals surface area (Å²) in [6, 6.07) is 6.04. The molecule has 0 saturated carbocycles. The molecular weight excluding hydrogens is 344 g/mol. The summed E-state index contributed by atoms with van der Waals surface area (Å²) < 4.78 is 5.50. The van der Waals surface area contributed by atoms with E-state index < -0.39 is 5.91 Å². The number of fused-ring (bicyclic) bond motifs is 1. The monoisotopic (exact) mass is 368 g/mol. The van der Waals surface area contributed by atoms with Crippen LogP contribution in [0.5, 0.6) is 0 Å².